The zero-order valence-electron chi connectivity index (χ0n) is 13.5. The van der Waals surface area contributed by atoms with E-state index in [1.165, 1.54) is 5.56 Å². The third-order valence-electron chi connectivity index (χ3n) is 3.90. The first-order chi connectivity index (χ1) is 11.2. The molecule has 0 aliphatic carbocycles. The van der Waals surface area contributed by atoms with Crippen LogP contribution in [0.25, 0.3) is 0 Å². The van der Waals surface area contributed by atoms with Gasteiger partial charge in [-0.05, 0) is 31.0 Å². The highest BCUT2D eigenvalue weighted by molar-refractivity contribution is 5.89. The lowest BCUT2D eigenvalue weighted by molar-refractivity contribution is 0.0526. The lowest BCUT2D eigenvalue weighted by Crippen LogP contribution is -2.32. The molecule has 1 aliphatic rings. The zero-order chi connectivity index (χ0) is 16.2. The monoisotopic (exact) mass is 312 g/mol. The molecular weight excluding hydrogens is 292 g/mol. The Hall–Kier alpha value is -2.50. The van der Waals surface area contributed by atoms with E-state index in [2.05, 4.69) is 26.8 Å². The molecule has 0 unspecified atom stereocenters. The summed E-state index contributed by atoms with van der Waals surface area (Å²) in [5, 5.41) is 0. The van der Waals surface area contributed by atoms with Crippen molar-refractivity contribution in [1.29, 1.82) is 0 Å². The smallest absolute Gasteiger partial charge is 0.339 e. The van der Waals surface area contributed by atoms with Gasteiger partial charge in [-0.25, -0.2) is 19.7 Å². The summed E-state index contributed by atoms with van der Waals surface area (Å²) in [7, 11) is 0. The summed E-state index contributed by atoms with van der Waals surface area (Å²) >= 11 is 0. The molecule has 0 spiro atoms. The molecule has 3 rings (SSSR count). The van der Waals surface area contributed by atoms with Crippen molar-refractivity contribution in [2.24, 2.45) is 0 Å². The largest absolute Gasteiger partial charge is 0.462 e. The molecule has 23 heavy (non-hydrogen) atoms. The van der Waals surface area contributed by atoms with Gasteiger partial charge >= 0.3 is 5.97 Å². The molecule has 120 valence electrons. The topological polar surface area (TPSA) is 68.2 Å². The molecule has 1 aliphatic heterocycles. The average molecular weight is 312 g/mol. The second kappa shape index (κ2) is 6.73. The van der Waals surface area contributed by atoms with Crippen molar-refractivity contribution in [1.82, 2.24) is 15.0 Å². The summed E-state index contributed by atoms with van der Waals surface area (Å²) in [5.41, 5.74) is 2.75. The van der Waals surface area contributed by atoms with Gasteiger partial charge in [0.1, 0.15) is 11.6 Å². The van der Waals surface area contributed by atoms with Crippen LogP contribution in [0.15, 0.2) is 24.5 Å². The Morgan fingerprint density at radius 1 is 1.26 bits per heavy atom. The fraction of sp³-hybridized carbons (Fsp3) is 0.412. The number of aryl methyl sites for hydroxylation is 1. The molecule has 0 amide bonds. The first-order valence-corrected chi connectivity index (χ1v) is 7.93. The summed E-state index contributed by atoms with van der Waals surface area (Å²) in [5.74, 6) is 1.38. The summed E-state index contributed by atoms with van der Waals surface area (Å²) in [6.07, 6.45) is 5.25. The number of fused-ring (bicyclic) bond motifs is 1. The third kappa shape index (κ3) is 3.31. The van der Waals surface area contributed by atoms with E-state index in [0.29, 0.717) is 12.2 Å². The minimum atomic E-state index is -0.337. The molecule has 6 heteroatoms. The van der Waals surface area contributed by atoms with Gasteiger partial charge in [-0.15, -0.1) is 0 Å². The van der Waals surface area contributed by atoms with Crippen LogP contribution in [0.3, 0.4) is 0 Å². The van der Waals surface area contributed by atoms with Crippen LogP contribution in [0.5, 0.6) is 0 Å². The molecule has 2 aromatic rings. The first-order valence-electron chi connectivity index (χ1n) is 7.93. The Morgan fingerprint density at radius 2 is 2.13 bits per heavy atom. The predicted octanol–water partition coefficient (Wildman–Crippen LogP) is 2.17. The van der Waals surface area contributed by atoms with Gasteiger partial charge in [0, 0.05) is 25.4 Å². The molecule has 0 aromatic carbocycles. The molecular formula is C17H20N4O2. The molecule has 0 N–H and O–H groups in total. The Balaban J connectivity index is 1.76. The van der Waals surface area contributed by atoms with Crippen LogP contribution in [0.4, 0.5) is 5.82 Å². The Bertz CT molecular complexity index is 700. The van der Waals surface area contributed by atoms with E-state index in [0.717, 1.165) is 43.3 Å². The number of nitrogens with zero attached hydrogens (tertiary/aromatic N) is 4. The predicted molar refractivity (Wildman–Crippen MR) is 86.4 cm³/mol. The van der Waals surface area contributed by atoms with E-state index in [1.807, 2.05) is 12.3 Å². The number of hydrogen-bond donors (Lipinski definition) is 0. The number of carbonyl (C=O) groups excluding carboxylic acids is 1. The molecule has 0 bridgehead atoms. The molecule has 3 heterocycles. The fourth-order valence-electron chi connectivity index (χ4n) is 2.62. The van der Waals surface area contributed by atoms with Crippen molar-refractivity contribution < 1.29 is 9.53 Å². The third-order valence-corrected chi connectivity index (χ3v) is 3.90. The molecule has 0 saturated heterocycles. The van der Waals surface area contributed by atoms with Crippen molar-refractivity contribution in [2.75, 3.05) is 18.1 Å². The van der Waals surface area contributed by atoms with Gasteiger partial charge in [-0.2, -0.15) is 0 Å². The van der Waals surface area contributed by atoms with E-state index in [-0.39, 0.29) is 5.97 Å². The van der Waals surface area contributed by atoms with E-state index in [9.17, 15) is 4.79 Å². The molecule has 0 fully saturated rings. The SMILES string of the molecule is CCOC(=O)c1ccc(N2CCc3cnc(CC)nc3C2)nc1. The minimum Gasteiger partial charge on any atom is -0.462 e. The van der Waals surface area contributed by atoms with Gasteiger partial charge < -0.3 is 9.64 Å². The highest BCUT2D eigenvalue weighted by Gasteiger charge is 2.19. The summed E-state index contributed by atoms with van der Waals surface area (Å²) in [6, 6.07) is 3.62. The Kier molecular flexibility index (Phi) is 4.50. The van der Waals surface area contributed by atoms with Gasteiger partial charge in [0.25, 0.3) is 0 Å². The van der Waals surface area contributed by atoms with Crippen LogP contribution < -0.4 is 4.90 Å². The number of rotatable bonds is 4. The van der Waals surface area contributed by atoms with E-state index in [1.54, 1.807) is 19.2 Å². The van der Waals surface area contributed by atoms with E-state index in [4.69, 9.17) is 4.74 Å². The lowest BCUT2D eigenvalue weighted by atomic mass is 10.1. The fourth-order valence-corrected chi connectivity index (χ4v) is 2.62. The van der Waals surface area contributed by atoms with Gasteiger partial charge in [0.15, 0.2) is 0 Å². The number of hydrogen-bond acceptors (Lipinski definition) is 6. The molecule has 0 saturated carbocycles. The maximum Gasteiger partial charge on any atom is 0.339 e. The second-order valence-electron chi connectivity index (χ2n) is 5.41. The van der Waals surface area contributed by atoms with Crippen molar-refractivity contribution >= 4 is 11.8 Å². The summed E-state index contributed by atoms with van der Waals surface area (Å²) < 4.78 is 4.98. The zero-order valence-corrected chi connectivity index (χ0v) is 13.5. The van der Waals surface area contributed by atoms with Crippen molar-refractivity contribution in [3.8, 4) is 0 Å². The van der Waals surface area contributed by atoms with Crippen molar-refractivity contribution in [3.05, 3.63) is 47.2 Å². The highest BCUT2D eigenvalue weighted by atomic mass is 16.5. The maximum atomic E-state index is 11.7. The normalized spacial score (nSPS) is 13.6. The Morgan fingerprint density at radius 3 is 2.83 bits per heavy atom. The quantitative estimate of drug-likeness (QED) is 0.806. The first kappa shape index (κ1) is 15.4. The number of carbonyl (C=O) groups is 1. The number of anilines is 1. The van der Waals surface area contributed by atoms with Crippen LogP contribution in [-0.2, 0) is 24.1 Å². The number of aromatic nitrogens is 3. The summed E-state index contributed by atoms with van der Waals surface area (Å²) in [4.78, 5) is 27.2. The van der Waals surface area contributed by atoms with E-state index < -0.39 is 0 Å². The highest BCUT2D eigenvalue weighted by Crippen LogP contribution is 2.21. The van der Waals surface area contributed by atoms with Crippen LogP contribution >= 0.6 is 0 Å². The van der Waals surface area contributed by atoms with E-state index >= 15 is 0 Å². The van der Waals surface area contributed by atoms with Gasteiger partial charge in [-0.3, -0.25) is 0 Å². The van der Waals surface area contributed by atoms with Gasteiger partial charge in [0.05, 0.1) is 24.4 Å². The summed E-state index contributed by atoms with van der Waals surface area (Å²) in [6.45, 7) is 5.79. The van der Waals surface area contributed by atoms with Crippen molar-refractivity contribution in [2.45, 2.75) is 33.2 Å². The molecule has 0 radical (unpaired) electrons. The minimum absolute atomic E-state index is 0.337. The van der Waals surface area contributed by atoms with Crippen LogP contribution in [0, 0.1) is 0 Å². The number of ether oxygens (including phenoxy) is 1. The number of esters is 1. The second-order valence-corrected chi connectivity index (χ2v) is 5.41. The molecule has 0 atom stereocenters. The maximum absolute atomic E-state index is 11.7. The van der Waals surface area contributed by atoms with Gasteiger partial charge in [-0.1, -0.05) is 6.92 Å². The van der Waals surface area contributed by atoms with Crippen molar-refractivity contribution in [3.63, 3.8) is 0 Å². The van der Waals surface area contributed by atoms with Crippen LogP contribution in [0.1, 0.15) is 41.3 Å². The molecule has 2 aromatic heterocycles. The average Bonchev–Trinajstić information content (AvgIpc) is 2.61. The lowest BCUT2D eigenvalue weighted by Gasteiger charge is -2.29. The molecule has 6 nitrogen and oxygen atoms in total. The standard InChI is InChI=1S/C17H20N4O2/c1-3-15-18-9-12-7-8-21(11-14(12)20-15)16-6-5-13(10-19-16)17(22)23-4-2/h5-6,9-10H,3-4,7-8,11H2,1-2H3. The number of pyridine rings is 1. The van der Waals surface area contributed by atoms with Crippen LogP contribution in [0.2, 0.25) is 0 Å². The van der Waals surface area contributed by atoms with Crippen LogP contribution in [-0.4, -0.2) is 34.1 Å². The Labute approximate surface area is 135 Å². The van der Waals surface area contributed by atoms with Gasteiger partial charge in [0.2, 0.25) is 0 Å².